The molecule has 1 saturated carbocycles. The fourth-order valence-electron chi connectivity index (χ4n) is 2.89. The van der Waals surface area contributed by atoms with Crippen LogP contribution in [0.15, 0.2) is 48.7 Å². The number of carboxylic acid groups (broad SMARTS) is 1. The molecule has 1 fully saturated rings. The molecule has 1 aliphatic rings. The molecule has 124 valence electrons. The molecular weight excluding hydrogens is 308 g/mol. The van der Waals surface area contributed by atoms with Crippen molar-refractivity contribution in [3.05, 3.63) is 54.4 Å². The summed E-state index contributed by atoms with van der Waals surface area (Å²) in [4.78, 5) is 27.6. The maximum Gasteiger partial charge on any atom is 0.308 e. The number of nitrogens with one attached hydrogen (secondary N) is 1. The Balaban J connectivity index is 1.69. The highest BCUT2D eigenvalue weighted by atomic mass is 16.5. The molecule has 6 nitrogen and oxygen atoms in total. The third-order valence-corrected chi connectivity index (χ3v) is 4.09. The summed E-state index contributed by atoms with van der Waals surface area (Å²) >= 11 is 0. The number of nitrogens with zero attached hydrogens (tertiary/aromatic N) is 1. The van der Waals surface area contributed by atoms with Crippen molar-refractivity contribution < 1.29 is 19.4 Å². The first kappa shape index (κ1) is 16.0. The minimum atomic E-state index is -0.869. The standard InChI is InChI=1S/C18H18N2O4/c21-17(20-15-8-4-7-14(15)18(22)23)16-11-13(9-10-19-16)24-12-5-2-1-3-6-12/h1-3,5-6,9-11,14-15H,4,7-8H2,(H,20,21)(H,22,23)/t14-,15+/m1/s1. The maximum absolute atomic E-state index is 12.4. The molecule has 24 heavy (non-hydrogen) atoms. The lowest BCUT2D eigenvalue weighted by Gasteiger charge is -2.17. The Morgan fingerprint density at radius 3 is 2.67 bits per heavy atom. The number of pyridine rings is 1. The van der Waals surface area contributed by atoms with Gasteiger partial charge in [0.15, 0.2) is 0 Å². The van der Waals surface area contributed by atoms with Crippen LogP contribution in [0.4, 0.5) is 0 Å². The highest BCUT2D eigenvalue weighted by Gasteiger charge is 2.34. The van der Waals surface area contributed by atoms with Gasteiger partial charge in [0.1, 0.15) is 17.2 Å². The number of rotatable bonds is 5. The molecule has 1 amide bonds. The average molecular weight is 326 g/mol. The van der Waals surface area contributed by atoms with Crippen molar-refractivity contribution in [2.24, 2.45) is 5.92 Å². The average Bonchev–Trinajstić information content (AvgIpc) is 3.04. The quantitative estimate of drug-likeness (QED) is 0.882. The number of carbonyl (C=O) groups excluding carboxylic acids is 1. The second kappa shape index (κ2) is 7.12. The van der Waals surface area contributed by atoms with E-state index < -0.39 is 11.9 Å². The van der Waals surface area contributed by atoms with E-state index in [2.05, 4.69) is 10.3 Å². The van der Waals surface area contributed by atoms with Crippen molar-refractivity contribution in [3.8, 4) is 11.5 Å². The van der Waals surface area contributed by atoms with E-state index >= 15 is 0 Å². The Morgan fingerprint density at radius 2 is 1.92 bits per heavy atom. The van der Waals surface area contributed by atoms with Crippen molar-refractivity contribution in [1.29, 1.82) is 0 Å². The molecule has 1 aromatic carbocycles. The summed E-state index contributed by atoms with van der Waals surface area (Å²) < 4.78 is 5.68. The van der Waals surface area contributed by atoms with Gasteiger partial charge < -0.3 is 15.2 Å². The highest BCUT2D eigenvalue weighted by molar-refractivity contribution is 5.93. The molecule has 0 unspecified atom stereocenters. The van der Waals surface area contributed by atoms with E-state index in [9.17, 15) is 14.7 Å². The summed E-state index contributed by atoms with van der Waals surface area (Å²) in [6, 6.07) is 12.1. The van der Waals surface area contributed by atoms with Crippen LogP contribution in [-0.4, -0.2) is 28.0 Å². The van der Waals surface area contributed by atoms with Crippen LogP contribution >= 0.6 is 0 Å². The van der Waals surface area contributed by atoms with Gasteiger partial charge in [-0.05, 0) is 31.0 Å². The van der Waals surface area contributed by atoms with E-state index in [0.29, 0.717) is 24.3 Å². The van der Waals surface area contributed by atoms with Gasteiger partial charge in [0.2, 0.25) is 0 Å². The lowest BCUT2D eigenvalue weighted by Crippen LogP contribution is -2.40. The van der Waals surface area contributed by atoms with Crippen molar-refractivity contribution >= 4 is 11.9 Å². The predicted octanol–water partition coefficient (Wildman–Crippen LogP) is 2.86. The van der Waals surface area contributed by atoms with Gasteiger partial charge in [0, 0.05) is 18.3 Å². The molecule has 1 aromatic heterocycles. The maximum atomic E-state index is 12.4. The van der Waals surface area contributed by atoms with Gasteiger partial charge in [-0.25, -0.2) is 0 Å². The fourth-order valence-corrected chi connectivity index (χ4v) is 2.89. The van der Waals surface area contributed by atoms with Crippen LogP contribution in [0.2, 0.25) is 0 Å². The molecule has 0 aliphatic heterocycles. The van der Waals surface area contributed by atoms with E-state index in [4.69, 9.17) is 4.74 Å². The summed E-state index contributed by atoms with van der Waals surface area (Å²) in [5.41, 5.74) is 0.208. The van der Waals surface area contributed by atoms with Gasteiger partial charge in [-0.1, -0.05) is 24.6 Å². The molecule has 0 saturated heterocycles. The second-order valence-corrected chi connectivity index (χ2v) is 5.75. The van der Waals surface area contributed by atoms with Crippen LogP contribution in [0.25, 0.3) is 0 Å². The third kappa shape index (κ3) is 3.71. The predicted molar refractivity (Wildman–Crippen MR) is 87.0 cm³/mol. The first-order valence-electron chi connectivity index (χ1n) is 7.86. The lowest BCUT2D eigenvalue weighted by atomic mass is 10.0. The van der Waals surface area contributed by atoms with Crippen LogP contribution in [-0.2, 0) is 4.79 Å². The Hall–Kier alpha value is -2.89. The zero-order valence-electron chi connectivity index (χ0n) is 13.0. The van der Waals surface area contributed by atoms with Crippen molar-refractivity contribution in [1.82, 2.24) is 10.3 Å². The molecule has 1 heterocycles. The van der Waals surface area contributed by atoms with Gasteiger partial charge in [0.05, 0.1) is 5.92 Å². The topological polar surface area (TPSA) is 88.5 Å². The van der Waals surface area contributed by atoms with Crippen molar-refractivity contribution in [2.45, 2.75) is 25.3 Å². The third-order valence-electron chi connectivity index (χ3n) is 4.09. The zero-order chi connectivity index (χ0) is 16.9. The summed E-state index contributed by atoms with van der Waals surface area (Å²) in [5, 5.41) is 12.0. The van der Waals surface area contributed by atoms with E-state index in [1.807, 2.05) is 30.3 Å². The number of benzene rings is 1. The number of aromatic nitrogens is 1. The van der Waals surface area contributed by atoms with Crippen LogP contribution in [0.1, 0.15) is 29.8 Å². The number of aliphatic carboxylic acids is 1. The molecule has 0 bridgehead atoms. The second-order valence-electron chi connectivity index (χ2n) is 5.75. The Bertz CT molecular complexity index is 733. The van der Waals surface area contributed by atoms with E-state index in [1.54, 1.807) is 12.1 Å². The number of carboxylic acids is 1. The summed E-state index contributed by atoms with van der Waals surface area (Å²) in [5.74, 6) is -0.615. The minimum Gasteiger partial charge on any atom is -0.481 e. The van der Waals surface area contributed by atoms with Crippen molar-refractivity contribution in [3.63, 3.8) is 0 Å². The van der Waals surface area contributed by atoms with E-state index in [-0.39, 0.29) is 17.6 Å². The molecule has 2 N–H and O–H groups in total. The molecule has 6 heteroatoms. The minimum absolute atomic E-state index is 0.208. The smallest absolute Gasteiger partial charge is 0.308 e. The number of ether oxygens (including phenoxy) is 1. The van der Waals surface area contributed by atoms with E-state index in [0.717, 1.165) is 6.42 Å². The number of hydrogen-bond acceptors (Lipinski definition) is 4. The Labute approximate surface area is 139 Å². The Morgan fingerprint density at radius 1 is 1.12 bits per heavy atom. The SMILES string of the molecule is O=C(N[C@H]1CCC[C@H]1C(=O)O)c1cc(Oc2ccccc2)ccn1. The summed E-state index contributed by atoms with van der Waals surface area (Å²) in [6.07, 6.45) is 3.55. The molecule has 2 aromatic rings. The van der Waals surface area contributed by atoms with Crippen LogP contribution in [0, 0.1) is 5.92 Å². The molecular formula is C18H18N2O4. The normalized spacial score (nSPS) is 19.7. The summed E-state index contributed by atoms with van der Waals surface area (Å²) in [7, 11) is 0. The highest BCUT2D eigenvalue weighted by Crippen LogP contribution is 2.26. The van der Waals surface area contributed by atoms with Crippen LogP contribution in [0.3, 0.4) is 0 Å². The summed E-state index contributed by atoms with van der Waals surface area (Å²) in [6.45, 7) is 0. The first-order chi connectivity index (χ1) is 11.6. The van der Waals surface area contributed by atoms with E-state index in [1.165, 1.54) is 6.20 Å². The van der Waals surface area contributed by atoms with Gasteiger partial charge in [-0.15, -0.1) is 0 Å². The van der Waals surface area contributed by atoms with Gasteiger partial charge >= 0.3 is 5.97 Å². The molecule has 3 rings (SSSR count). The molecule has 0 radical (unpaired) electrons. The van der Waals surface area contributed by atoms with Gasteiger partial charge in [-0.2, -0.15) is 0 Å². The molecule has 1 aliphatic carbocycles. The van der Waals surface area contributed by atoms with Crippen molar-refractivity contribution in [2.75, 3.05) is 0 Å². The van der Waals surface area contributed by atoms with Gasteiger partial charge in [0.25, 0.3) is 5.91 Å². The van der Waals surface area contributed by atoms with Gasteiger partial charge in [-0.3, -0.25) is 14.6 Å². The molecule has 0 spiro atoms. The Kier molecular flexibility index (Phi) is 4.74. The fraction of sp³-hybridized carbons (Fsp3) is 0.278. The van der Waals surface area contributed by atoms with Crippen LogP contribution in [0.5, 0.6) is 11.5 Å². The lowest BCUT2D eigenvalue weighted by molar-refractivity contribution is -0.142. The number of carbonyl (C=O) groups is 2. The number of hydrogen-bond donors (Lipinski definition) is 2. The zero-order valence-corrected chi connectivity index (χ0v) is 13.0. The number of para-hydroxylation sites is 1. The number of amides is 1. The van der Waals surface area contributed by atoms with Crippen LogP contribution < -0.4 is 10.1 Å². The monoisotopic (exact) mass is 326 g/mol. The largest absolute Gasteiger partial charge is 0.481 e. The first-order valence-corrected chi connectivity index (χ1v) is 7.86. The molecule has 2 atom stereocenters.